The first-order chi connectivity index (χ1) is 16.5. The van der Waals surface area contributed by atoms with Crippen molar-refractivity contribution in [2.24, 2.45) is 4.99 Å². The van der Waals surface area contributed by atoms with Crippen molar-refractivity contribution in [2.45, 2.75) is 103 Å². The first kappa shape index (κ1) is 25.6. The van der Waals surface area contributed by atoms with Gasteiger partial charge in [-0.2, -0.15) is 0 Å². The molecular weight excluding hydrogens is 512 g/mol. The number of carbonyl (C=O) groups excluding carboxylic acids is 1. The first-order valence-electron chi connectivity index (χ1n) is 12.9. The maximum absolute atomic E-state index is 13.7. The van der Waals surface area contributed by atoms with Crippen LogP contribution < -0.4 is 9.47 Å². The summed E-state index contributed by atoms with van der Waals surface area (Å²) in [6.07, 6.45) is 13.9. The minimum atomic E-state index is 0.0364. The van der Waals surface area contributed by atoms with Gasteiger partial charge in [0.2, 0.25) is 0 Å². The molecule has 0 bridgehead atoms. The molecular formula is C27H37BrN2O3S. The molecule has 5 nitrogen and oxygen atoms in total. The van der Waals surface area contributed by atoms with E-state index in [0.29, 0.717) is 24.1 Å². The summed E-state index contributed by atoms with van der Waals surface area (Å²) >= 11 is 5.20. The number of benzene rings is 1. The fraction of sp³-hybridized carbons (Fsp3) is 0.630. The predicted molar refractivity (Wildman–Crippen MR) is 145 cm³/mol. The van der Waals surface area contributed by atoms with Gasteiger partial charge in [0.05, 0.1) is 28.1 Å². The Morgan fingerprint density at radius 3 is 2.44 bits per heavy atom. The highest BCUT2D eigenvalue weighted by Gasteiger charge is 2.39. The lowest BCUT2D eigenvalue weighted by Gasteiger charge is -2.31. The van der Waals surface area contributed by atoms with Gasteiger partial charge in [0.15, 0.2) is 16.7 Å². The third kappa shape index (κ3) is 6.20. The Morgan fingerprint density at radius 2 is 1.79 bits per heavy atom. The maximum Gasteiger partial charge on any atom is 0.266 e. The number of amidine groups is 1. The SMILES string of the molecule is CCOc1cc(C=C2SC(=NC3CCCCC3)N(C3CCCCC3)C2=O)cc(Br)c1OC(C)C. The second-order valence-corrected chi connectivity index (χ2v) is 11.6. The second kappa shape index (κ2) is 12.0. The predicted octanol–water partition coefficient (Wildman–Crippen LogP) is 7.57. The van der Waals surface area contributed by atoms with Crippen LogP contribution in [0.15, 0.2) is 26.5 Å². The van der Waals surface area contributed by atoms with Crippen molar-refractivity contribution in [3.05, 3.63) is 27.1 Å². The minimum absolute atomic E-state index is 0.0364. The lowest BCUT2D eigenvalue weighted by Crippen LogP contribution is -2.41. The first-order valence-corrected chi connectivity index (χ1v) is 14.5. The highest BCUT2D eigenvalue weighted by molar-refractivity contribution is 9.10. The number of carbonyl (C=O) groups is 1. The van der Waals surface area contributed by atoms with Gasteiger partial charge < -0.3 is 9.47 Å². The smallest absolute Gasteiger partial charge is 0.266 e. The van der Waals surface area contributed by atoms with Gasteiger partial charge in [-0.1, -0.05) is 38.5 Å². The molecule has 186 valence electrons. The van der Waals surface area contributed by atoms with Crippen LogP contribution >= 0.6 is 27.7 Å². The fourth-order valence-electron chi connectivity index (χ4n) is 5.04. The summed E-state index contributed by atoms with van der Waals surface area (Å²) in [6.45, 7) is 6.50. The van der Waals surface area contributed by atoms with E-state index < -0.39 is 0 Å². The van der Waals surface area contributed by atoms with Crippen LogP contribution in [0.4, 0.5) is 0 Å². The van der Waals surface area contributed by atoms with E-state index in [4.69, 9.17) is 14.5 Å². The Kier molecular flexibility index (Phi) is 9.03. The van der Waals surface area contributed by atoms with Crippen LogP contribution in [0.5, 0.6) is 11.5 Å². The topological polar surface area (TPSA) is 51.1 Å². The number of halogens is 1. The summed E-state index contributed by atoms with van der Waals surface area (Å²) in [5.74, 6) is 1.49. The highest BCUT2D eigenvalue weighted by atomic mass is 79.9. The fourth-order valence-corrected chi connectivity index (χ4v) is 6.70. The van der Waals surface area contributed by atoms with E-state index in [9.17, 15) is 4.79 Å². The standard InChI is InChI=1S/C27H37BrN2O3S/c1-4-32-23-16-19(15-22(28)25(23)33-18(2)3)17-24-26(31)30(21-13-9-6-10-14-21)27(34-24)29-20-11-7-5-8-12-20/h15-18,20-21H,4-14H2,1-3H3. The molecule has 2 aliphatic carbocycles. The van der Waals surface area contributed by atoms with E-state index in [-0.39, 0.29) is 18.1 Å². The molecule has 3 aliphatic rings. The van der Waals surface area contributed by atoms with Gasteiger partial charge in [0.1, 0.15) is 0 Å². The molecule has 1 amide bonds. The van der Waals surface area contributed by atoms with Crippen LogP contribution in [0.25, 0.3) is 6.08 Å². The number of nitrogens with zero attached hydrogens (tertiary/aromatic N) is 2. The number of rotatable bonds is 7. The van der Waals surface area contributed by atoms with Crippen molar-refractivity contribution < 1.29 is 14.3 Å². The number of thioether (sulfide) groups is 1. The van der Waals surface area contributed by atoms with Crippen molar-refractivity contribution in [3.63, 3.8) is 0 Å². The Bertz CT molecular complexity index is 934. The summed E-state index contributed by atoms with van der Waals surface area (Å²) in [5.41, 5.74) is 0.921. The number of hydrogen-bond acceptors (Lipinski definition) is 5. The zero-order valence-electron chi connectivity index (χ0n) is 20.6. The normalized spacial score (nSPS) is 22.9. The van der Waals surface area contributed by atoms with Gasteiger partial charge in [-0.15, -0.1) is 0 Å². The molecule has 0 radical (unpaired) electrons. The minimum Gasteiger partial charge on any atom is -0.490 e. The Morgan fingerprint density at radius 1 is 1.12 bits per heavy atom. The lowest BCUT2D eigenvalue weighted by molar-refractivity contribution is -0.124. The molecule has 1 aromatic rings. The molecule has 0 atom stereocenters. The summed E-state index contributed by atoms with van der Waals surface area (Å²) in [4.78, 5) is 21.6. The lowest BCUT2D eigenvalue weighted by atomic mass is 9.94. The molecule has 1 saturated heterocycles. The second-order valence-electron chi connectivity index (χ2n) is 9.71. The van der Waals surface area contributed by atoms with Crippen LogP contribution in [0.1, 0.15) is 90.5 Å². The van der Waals surface area contributed by atoms with Crippen molar-refractivity contribution in [1.29, 1.82) is 0 Å². The van der Waals surface area contributed by atoms with E-state index in [1.807, 2.05) is 43.9 Å². The molecule has 1 aromatic carbocycles. The molecule has 0 unspecified atom stereocenters. The largest absolute Gasteiger partial charge is 0.490 e. The summed E-state index contributed by atoms with van der Waals surface area (Å²) < 4.78 is 12.7. The molecule has 0 spiro atoms. The van der Waals surface area contributed by atoms with Crippen LogP contribution in [0, 0.1) is 0 Å². The van der Waals surface area contributed by atoms with Gasteiger partial charge >= 0.3 is 0 Å². The molecule has 1 aliphatic heterocycles. The number of aliphatic imine (C=N–C) groups is 1. The van der Waals surface area contributed by atoms with Crippen molar-refractivity contribution in [1.82, 2.24) is 4.90 Å². The van der Waals surface area contributed by atoms with Crippen molar-refractivity contribution in [3.8, 4) is 11.5 Å². The quantitative estimate of drug-likeness (QED) is 0.329. The Balaban J connectivity index is 1.65. The summed E-state index contributed by atoms with van der Waals surface area (Å²) in [6, 6.07) is 4.59. The van der Waals surface area contributed by atoms with E-state index in [0.717, 1.165) is 45.8 Å². The zero-order valence-corrected chi connectivity index (χ0v) is 23.1. The van der Waals surface area contributed by atoms with Gasteiger partial charge in [0.25, 0.3) is 5.91 Å². The number of amides is 1. The van der Waals surface area contributed by atoms with E-state index in [1.54, 1.807) is 11.8 Å². The van der Waals surface area contributed by atoms with Crippen LogP contribution in [0.2, 0.25) is 0 Å². The number of hydrogen-bond donors (Lipinski definition) is 0. The summed E-state index contributed by atoms with van der Waals surface area (Å²) in [7, 11) is 0. The van der Waals surface area contributed by atoms with Gasteiger partial charge in [0, 0.05) is 6.04 Å². The third-order valence-corrected chi connectivity index (χ3v) is 8.21. The van der Waals surface area contributed by atoms with Crippen molar-refractivity contribution >= 4 is 44.8 Å². The van der Waals surface area contributed by atoms with E-state index in [2.05, 4.69) is 15.9 Å². The van der Waals surface area contributed by atoms with E-state index >= 15 is 0 Å². The van der Waals surface area contributed by atoms with Crippen LogP contribution in [-0.4, -0.2) is 40.8 Å². The number of ether oxygens (including phenoxy) is 2. The highest BCUT2D eigenvalue weighted by Crippen LogP contribution is 2.41. The molecule has 1 heterocycles. The molecule has 0 aromatic heterocycles. The van der Waals surface area contributed by atoms with Crippen LogP contribution in [0.3, 0.4) is 0 Å². The maximum atomic E-state index is 13.7. The molecule has 3 fully saturated rings. The van der Waals surface area contributed by atoms with Gasteiger partial charge in [-0.3, -0.25) is 14.7 Å². The molecule has 7 heteroatoms. The third-order valence-electron chi connectivity index (χ3n) is 6.63. The Labute approximate surface area is 216 Å². The monoisotopic (exact) mass is 548 g/mol. The average Bonchev–Trinajstić information content (AvgIpc) is 3.11. The Hall–Kier alpha value is -1.47. The molecule has 4 rings (SSSR count). The summed E-state index contributed by atoms with van der Waals surface area (Å²) in [5, 5.41) is 0.916. The van der Waals surface area contributed by atoms with Crippen LogP contribution in [-0.2, 0) is 4.79 Å². The van der Waals surface area contributed by atoms with Crippen molar-refractivity contribution in [2.75, 3.05) is 6.61 Å². The zero-order chi connectivity index (χ0) is 24.1. The average molecular weight is 550 g/mol. The van der Waals surface area contributed by atoms with Gasteiger partial charge in [-0.25, -0.2) is 0 Å². The molecule has 2 saturated carbocycles. The molecule has 34 heavy (non-hydrogen) atoms. The van der Waals surface area contributed by atoms with E-state index in [1.165, 1.54) is 38.5 Å². The molecule has 0 N–H and O–H groups in total. The van der Waals surface area contributed by atoms with Gasteiger partial charge in [-0.05, 0) is 97.9 Å².